The van der Waals surface area contributed by atoms with Crippen molar-refractivity contribution in [3.8, 4) is 17.1 Å². The van der Waals surface area contributed by atoms with Crippen molar-refractivity contribution < 1.29 is 36.6 Å². The molecule has 0 aliphatic heterocycles. The lowest BCUT2D eigenvalue weighted by Gasteiger charge is -2.31. The Kier molecular flexibility index (Phi) is 7.75. The summed E-state index contributed by atoms with van der Waals surface area (Å²) in [6.45, 7) is 1.74. The number of anilines is 1. The molecular weight excluding hydrogens is 525 g/mol. The number of aromatic nitrogens is 3. The lowest BCUT2D eigenvalue weighted by atomic mass is 9.87. The number of rotatable bonds is 11. The molecule has 13 heteroatoms. The first kappa shape index (κ1) is 28.5. The molecule has 0 atom stereocenters. The molecule has 4 rings (SSSR count). The highest BCUT2D eigenvalue weighted by Crippen LogP contribution is 2.36. The van der Waals surface area contributed by atoms with Gasteiger partial charge in [-0.3, -0.25) is 4.79 Å². The Morgan fingerprint density at radius 1 is 1.18 bits per heavy atom. The first-order chi connectivity index (χ1) is 18.2. The minimum absolute atomic E-state index is 0.109. The summed E-state index contributed by atoms with van der Waals surface area (Å²) < 4.78 is 74.1. The number of carbonyl (C=O) groups excluding carboxylic acids is 1. The van der Waals surface area contributed by atoms with E-state index in [9.17, 15) is 31.9 Å². The van der Waals surface area contributed by atoms with Gasteiger partial charge < -0.3 is 20.5 Å². The molecule has 1 saturated carbocycles. The topological polar surface area (TPSA) is 101 Å². The zero-order chi connectivity index (χ0) is 28.6. The van der Waals surface area contributed by atoms with E-state index in [0.717, 1.165) is 12.8 Å². The van der Waals surface area contributed by atoms with Crippen LogP contribution in [-0.2, 0) is 0 Å². The van der Waals surface area contributed by atoms with Crippen LogP contribution in [0.3, 0.4) is 0 Å². The second-order valence-corrected chi connectivity index (χ2v) is 10.4. The molecule has 3 aromatic rings. The third-order valence-corrected chi connectivity index (χ3v) is 6.64. The number of nitrogens with one attached hydrogen (secondary N) is 2. The summed E-state index contributed by atoms with van der Waals surface area (Å²) in [6, 6.07) is 6.48. The van der Waals surface area contributed by atoms with Gasteiger partial charge in [-0.25, -0.2) is 18.3 Å². The van der Waals surface area contributed by atoms with Crippen LogP contribution in [0.5, 0.6) is 5.88 Å². The predicted molar refractivity (Wildman–Crippen MR) is 134 cm³/mol. The molecule has 1 aromatic carbocycles. The number of benzene rings is 1. The van der Waals surface area contributed by atoms with Gasteiger partial charge in [0.1, 0.15) is 0 Å². The number of aryl methyl sites for hydroxylation is 1. The van der Waals surface area contributed by atoms with Crippen molar-refractivity contribution in [1.29, 1.82) is 0 Å². The van der Waals surface area contributed by atoms with Crippen molar-refractivity contribution in [3.05, 3.63) is 41.6 Å². The predicted octanol–water partition coefficient (Wildman–Crippen LogP) is 4.99. The molecular formula is C26H30F5N5O3. The fourth-order valence-corrected chi connectivity index (χ4v) is 3.73. The Bertz CT molecular complexity index is 1350. The van der Waals surface area contributed by atoms with Gasteiger partial charge in [0.2, 0.25) is 5.88 Å². The number of aliphatic hydroxyl groups is 1. The van der Waals surface area contributed by atoms with Crippen LogP contribution in [0, 0.1) is 12.3 Å². The summed E-state index contributed by atoms with van der Waals surface area (Å²) in [5, 5.41) is 19.2. The number of amides is 1. The van der Waals surface area contributed by atoms with Crippen LogP contribution in [0.4, 0.5) is 27.6 Å². The van der Waals surface area contributed by atoms with Gasteiger partial charge in [0.05, 0.1) is 36.0 Å². The quantitative estimate of drug-likeness (QED) is 0.288. The van der Waals surface area contributed by atoms with Crippen molar-refractivity contribution in [3.63, 3.8) is 0 Å². The Morgan fingerprint density at radius 3 is 2.51 bits per heavy atom. The SMILES string of the molecule is Cc1cc(-c2cnc3c(NCCC(F)(F)F)cc(OCC(F)(F)C(C)(C)CO)nn23)ccc1C(=O)NC1CC1. The molecule has 0 bridgehead atoms. The van der Waals surface area contributed by atoms with E-state index < -0.39 is 43.7 Å². The molecule has 0 saturated heterocycles. The average molecular weight is 556 g/mol. The number of imidazole rings is 1. The second kappa shape index (κ2) is 10.6. The Morgan fingerprint density at radius 2 is 1.90 bits per heavy atom. The van der Waals surface area contributed by atoms with Crippen molar-refractivity contribution in [1.82, 2.24) is 19.9 Å². The third kappa shape index (κ3) is 6.57. The summed E-state index contributed by atoms with van der Waals surface area (Å²) in [4.78, 5) is 16.8. The number of hydrogen-bond acceptors (Lipinski definition) is 6. The standard InChI is InChI=1S/C26H30F5N5O3/c1-15-10-16(4-7-18(15)23(38)34-17-5-6-17)20-12-33-22-19(32-9-8-26(29,30)31)11-21(35-36(20)22)39-14-25(27,28)24(2,3)13-37/h4,7,10-12,17,32,37H,5-6,8-9,13-14H2,1-3H3,(H,34,38). The van der Waals surface area contributed by atoms with E-state index in [1.54, 1.807) is 25.1 Å². The molecule has 0 unspecified atom stereocenters. The van der Waals surface area contributed by atoms with E-state index in [-0.39, 0.29) is 29.2 Å². The van der Waals surface area contributed by atoms with E-state index in [0.29, 0.717) is 22.4 Å². The highest BCUT2D eigenvalue weighted by atomic mass is 19.4. The van der Waals surface area contributed by atoms with Gasteiger partial charge in [0.15, 0.2) is 12.3 Å². The van der Waals surface area contributed by atoms with Crippen LogP contribution < -0.4 is 15.4 Å². The lowest BCUT2D eigenvalue weighted by Crippen LogP contribution is -2.44. The Hall–Kier alpha value is -3.48. The van der Waals surface area contributed by atoms with Crippen molar-refractivity contribution in [2.24, 2.45) is 5.41 Å². The molecule has 8 nitrogen and oxygen atoms in total. The summed E-state index contributed by atoms with van der Waals surface area (Å²) in [5.41, 5.74) is 0.681. The maximum absolute atomic E-state index is 14.6. The number of aliphatic hydroxyl groups excluding tert-OH is 1. The highest BCUT2D eigenvalue weighted by Gasteiger charge is 2.47. The van der Waals surface area contributed by atoms with Crippen LogP contribution in [0.15, 0.2) is 30.5 Å². The zero-order valence-corrected chi connectivity index (χ0v) is 21.7. The molecule has 39 heavy (non-hydrogen) atoms. The van der Waals surface area contributed by atoms with E-state index in [1.807, 2.05) is 0 Å². The van der Waals surface area contributed by atoms with E-state index in [4.69, 9.17) is 4.74 Å². The largest absolute Gasteiger partial charge is 0.470 e. The lowest BCUT2D eigenvalue weighted by molar-refractivity contribution is -0.147. The second-order valence-electron chi connectivity index (χ2n) is 10.4. The van der Waals surface area contributed by atoms with Gasteiger partial charge >= 0.3 is 6.18 Å². The van der Waals surface area contributed by atoms with Gasteiger partial charge in [-0.15, -0.1) is 5.10 Å². The molecule has 0 spiro atoms. The molecule has 1 aliphatic carbocycles. The number of halogens is 5. The normalized spacial score (nSPS) is 14.5. The van der Waals surface area contributed by atoms with Gasteiger partial charge in [-0.1, -0.05) is 19.9 Å². The number of carbonyl (C=O) groups is 1. The fraction of sp³-hybridized carbons (Fsp3) is 0.500. The zero-order valence-electron chi connectivity index (χ0n) is 21.7. The first-order valence-electron chi connectivity index (χ1n) is 12.4. The minimum atomic E-state index is -4.40. The number of fused-ring (bicyclic) bond motifs is 1. The maximum Gasteiger partial charge on any atom is 0.390 e. The monoisotopic (exact) mass is 555 g/mol. The van der Waals surface area contributed by atoms with Crippen molar-refractivity contribution >= 4 is 17.2 Å². The van der Waals surface area contributed by atoms with Crippen LogP contribution in [0.25, 0.3) is 16.9 Å². The van der Waals surface area contributed by atoms with Gasteiger partial charge in [0.25, 0.3) is 11.8 Å². The molecule has 1 amide bonds. The molecule has 2 heterocycles. The minimum Gasteiger partial charge on any atom is -0.470 e. The third-order valence-electron chi connectivity index (χ3n) is 6.64. The number of alkyl halides is 5. The summed E-state index contributed by atoms with van der Waals surface area (Å²) in [6.07, 6.45) is -2.19. The number of nitrogens with zero attached hydrogens (tertiary/aromatic N) is 3. The van der Waals surface area contributed by atoms with Crippen molar-refractivity contribution in [2.75, 3.05) is 25.1 Å². The molecule has 1 aliphatic rings. The summed E-state index contributed by atoms with van der Waals surface area (Å²) in [5.74, 6) is -3.90. The Balaban J connectivity index is 1.68. The molecule has 3 N–H and O–H groups in total. The number of ether oxygens (including phenoxy) is 1. The fourth-order valence-electron chi connectivity index (χ4n) is 3.73. The van der Waals surface area contributed by atoms with E-state index in [2.05, 4.69) is 20.7 Å². The van der Waals surface area contributed by atoms with Crippen LogP contribution in [0.1, 0.15) is 49.0 Å². The van der Waals surface area contributed by atoms with Crippen molar-refractivity contribution in [2.45, 2.75) is 58.2 Å². The van der Waals surface area contributed by atoms with Gasteiger partial charge in [-0.2, -0.15) is 13.2 Å². The maximum atomic E-state index is 14.6. The summed E-state index contributed by atoms with van der Waals surface area (Å²) >= 11 is 0. The van der Waals surface area contributed by atoms with Crippen LogP contribution >= 0.6 is 0 Å². The average Bonchev–Trinajstić information content (AvgIpc) is 3.56. The number of hydrogen-bond donors (Lipinski definition) is 3. The smallest absolute Gasteiger partial charge is 0.390 e. The molecule has 1 fully saturated rings. The molecule has 212 valence electrons. The van der Waals surface area contributed by atoms with Crippen LogP contribution in [-0.4, -0.2) is 63.5 Å². The Labute approximate surface area is 221 Å². The molecule has 0 radical (unpaired) electrons. The van der Waals surface area contributed by atoms with Gasteiger partial charge in [-0.05, 0) is 37.5 Å². The van der Waals surface area contributed by atoms with Gasteiger partial charge in [0, 0.05) is 29.8 Å². The highest BCUT2D eigenvalue weighted by molar-refractivity contribution is 5.96. The molecule has 2 aromatic heterocycles. The van der Waals surface area contributed by atoms with E-state index in [1.165, 1.54) is 30.6 Å². The van der Waals surface area contributed by atoms with E-state index >= 15 is 0 Å². The van der Waals surface area contributed by atoms with Crippen LogP contribution in [0.2, 0.25) is 0 Å². The summed E-state index contributed by atoms with van der Waals surface area (Å²) in [7, 11) is 0. The first-order valence-corrected chi connectivity index (χ1v) is 12.4.